The van der Waals surface area contributed by atoms with Gasteiger partial charge in [0.1, 0.15) is 0 Å². The van der Waals surface area contributed by atoms with Crippen LogP contribution < -0.4 is 0 Å². The first kappa shape index (κ1) is 34.6. The first-order valence-corrected chi connectivity index (χ1v) is 20.7. The van der Waals surface area contributed by atoms with Crippen LogP contribution in [-0.4, -0.2) is 145 Å². The minimum Gasteiger partial charge on any atom is -0.301 e. The molecule has 0 radical (unpaired) electrons. The molecule has 4 aliphatic carbocycles. The molecule has 0 N–H and O–H groups in total. The van der Waals surface area contributed by atoms with E-state index in [-0.39, 0.29) is 0 Å². The van der Waals surface area contributed by atoms with Crippen molar-refractivity contribution in [2.45, 2.75) is 159 Å². The molecule has 0 aromatic rings. The summed E-state index contributed by atoms with van der Waals surface area (Å²) in [6, 6.07) is 3.43. The minimum absolute atomic E-state index is 0.857. The third kappa shape index (κ3) is 10.9. The van der Waals surface area contributed by atoms with Gasteiger partial charge in [-0.1, -0.05) is 77.0 Å². The second-order valence-corrected chi connectivity index (χ2v) is 16.3. The Hall–Kier alpha value is -0.240. The minimum atomic E-state index is 0.857. The second kappa shape index (κ2) is 19.1. The largest absolute Gasteiger partial charge is 0.301 e. The van der Waals surface area contributed by atoms with E-state index in [9.17, 15) is 0 Å². The lowest BCUT2D eigenvalue weighted by molar-refractivity contribution is 0.112. The van der Waals surface area contributed by atoms with Gasteiger partial charge in [0.05, 0.1) is 0 Å². The fraction of sp³-hybridized carbons (Fsp3) is 1.00. The Kier molecular flexibility index (Phi) is 14.7. The molecule has 2 saturated heterocycles. The molecule has 0 unspecified atom stereocenters. The van der Waals surface area contributed by atoms with E-state index < -0.39 is 0 Å². The van der Waals surface area contributed by atoms with Crippen LogP contribution in [0.3, 0.4) is 0 Å². The van der Waals surface area contributed by atoms with E-state index in [4.69, 9.17) is 0 Å². The molecule has 0 aromatic heterocycles. The summed E-state index contributed by atoms with van der Waals surface area (Å²) in [5.74, 6) is 0. The summed E-state index contributed by atoms with van der Waals surface area (Å²) < 4.78 is 0. The van der Waals surface area contributed by atoms with Gasteiger partial charge >= 0.3 is 0 Å². The molecule has 0 atom stereocenters. The van der Waals surface area contributed by atoms with Crippen LogP contribution in [0.1, 0.15) is 135 Å². The lowest BCUT2D eigenvalue weighted by Crippen LogP contribution is -2.45. The molecule has 4 saturated carbocycles. The molecule has 0 spiro atoms. The topological polar surface area (TPSA) is 19.4 Å². The molecule has 6 heteroatoms. The van der Waals surface area contributed by atoms with Gasteiger partial charge in [-0.2, -0.15) is 0 Å². The molecule has 45 heavy (non-hydrogen) atoms. The third-order valence-corrected chi connectivity index (χ3v) is 13.5. The molecule has 2 heterocycles. The van der Waals surface area contributed by atoms with Crippen LogP contribution >= 0.6 is 0 Å². The van der Waals surface area contributed by atoms with Gasteiger partial charge in [-0.25, -0.2) is 0 Å². The normalized spacial score (nSPS) is 29.9. The van der Waals surface area contributed by atoms with Gasteiger partial charge in [-0.15, -0.1) is 0 Å². The number of nitrogens with zero attached hydrogens (tertiary/aromatic N) is 6. The van der Waals surface area contributed by atoms with E-state index in [0.717, 1.165) is 24.2 Å². The SMILES string of the molecule is C1CCC(N2CCN(CCCN3CCN(C4CCCCC4)CCN(C4CCCCC4)CC3)CCN(C3CCCCC3)CC2)CC1. The Bertz CT molecular complexity index is 660. The molecular weight excluding hydrogens is 552 g/mol. The molecule has 260 valence electrons. The van der Waals surface area contributed by atoms with Crippen molar-refractivity contribution >= 4 is 0 Å². The zero-order valence-electron chi connectivity index (χ0n) is 29.7. The molecule has 6 nitrogen and oxygen atoms in total. The average molecular weight is 627 g/mol. The van der Waals surface area contributed by atoms with Gasteiger partial charge in [-0.05, 0) is 70.9 Å². The molecule has 2 aliphatic heterocycles. The highest BCUT2D eigenvalue weighted by molar-refractivity contribution is 4.85. The quantitative estimate of drug-likeness (QED) is 0.302. The first-order chi connectivity index (χ1) is 22.3. The monoisotopic (exact) mass is 627 g/mol. The molecule has 6 aliphatic rings. The van der Waals surface area contributed by atoms with Crippen LogP contribution in [0.2, 0.25) is 0 Å². The highest BCUT2D eigenvalue weighted by atomic mass is 15.3. The Morgan fingerprint density at radius 2 is 0.489 bits per heavy atom. The van der Waals surface area contributed by atoms with Crippen LogP contribution in [0.4, 0.5) is 0 Å². The lowest BCUT2D eigenvalue weighted by Gasteiger charge is -2.37. The van der Waals surface area contributed by atoms with Gasteiger partial charge in [0.2, 0.25) is 0 Å². The fourth-order valence-electron chi connectivity index (χ4n) is 10.5. The summed E-state index contributed by atoms with van der Waals surface area (Å²) in [5.41, 5.74) is 0. The maximum Gasteiger partial charge on any atom is 0.0113 e. The van der Waals surface area contributed by atoms with Crippen molar-refractivity contribution < 1.29 is 0 Å². The van der Waals surface area contributed by atoms with Crippen LogP contribution in [0.15, 0.2) is 0 Å². The Balaban J connectivity index is 1.04. The maximum absolute atomic E-state index is 2.95. The van der Waals surface area contributed by atoms with Gasteiger partial charge in [-0.3, -0.25) is 19.6 Å². The lowest BCUT2D eigenvalue weighted by atomic mass is 9.93. The van der Waals surface area contributed by atoms with Crippen molar-refractivity contribution in [3.8, 4) is 0 Å². The Morgan fingerprint density at radius 3 is 0.733 bits per heavy atom. The van der Waals surface area contributed by atoms with Crippen molar-refractivity contribution in [3.05, 3.63) is 0 Å². The van der Waals surface area contributed by atoms with Crippen LogP contribution in [0.25, 0.3) is 0 Å². The van der Waals surface area contributed by atoms with Gasteiger partial charge in [0.15, 0.2) is 0 Å². The van der Waals surface area contributed by atoms with E-state index in [1.807, 2.05) is 0 Å². The summed E-state index contributed by atoms with van der Waals surface area (Å²) in [5, 5.41) is 0. The van der Waals surface area contributed by atoms with E-state index in [2.05, 4.69) is 29.4 Å². The van der Waals surface area contributed by atoms with Crippen LogP contribution in [0, 0.1) is 0 Å². The van der Waals surface area contributed by atoms with Crippen molar-refractivity contribution in [1.29, 1.82) is 0 Å². The summed E-state index contributed by atoms with van der Waals surface area (Å²) in [6.07, 6.45) is 30.5. The van der Waals surface area contributed by atoms with Crippen molar-refractivity contribution in [2.75, 3.05) is 91.6 Å². The Labute approximate surface area is 279 Å². The number of rotatable bonds is 8. The zero-order valence-corrected chi connectivity index (χ0v) is 29.7. The Morgan fingerprint density at radius 1 is 0.267 bits per heavy atom. The van der Waals surface area contributed by atoms with Crippen LogP contribution in [0.5, 0.6) is 0 Å². The summed E-state index contributed by atoms with van der Waals surface area (Å²) in [7, 11) is 0. The molecule has 0 bridgehead atoms. The third-order valence-electron chi connectivity index (χ3n) is 13.5. The summed E-state index contributed by atoms with van der Waals surface area (Å²) >= 11 is 0. The molecule has 6 fully saturated rings. The average Bonchev–Trinajstić information content (AvgIpc) is 3.28. The molecular formula is C39H74N6. The second-order valence-electron chi connectivity index (χ2n) is 16.3. The van der Waals surface area contributed by atoms with E-state index >= 15 is 0 Å². The predicted molar refractivity (Wildman–Crippen MR) is 191 cm³/mol. The highest BCUT2D eigenvalue weighted by Gasteiger charge is 2.29. The van der Waals surface area contributed by atoms with Crippen molar-refractivity contribution in [3.63, 3.8) is 0 Å². The van der Waals surface area contributed by atoms with E-state index in [1.165, 1.54) is 226 Å². The summed E-state index contributed by atoms with van der Waals surface area (Å²) in [6.45, 7) is 18.3. The zero-order chi connectivity index (χ0) is 30.5. The number of hydrogen-bond donors (Lipinski definition) is 0. The maximum atomic E-state index is 2.95. The molecule has 0 amide bonds. The predicted octanol–water partition coefficient (Wildman–Crippen LogP) is 6.55. The van der Waals surface area contributed by atoms with Gasteiger partial charge in [0, 0.05) is 103 Å². The smallest absolute Gasteiger partial charge is 0.0113 e. The van der Waals surface area contributed by atoms with Crippen molar-refractivity contribution in [2.24, 2.45) is 0 Å². The van der Waals surface area contributed by atoms with E-state index in [0.29, 0.717) is 0 Å². The molecule has 0 aromatic carbocycles. The highest BCUT2D eigenvalue weighted by Crippen LogP contribution is 2.27. The standard InChI is InChI=1S/C39H74N6/c1-5-14-36(15-6-1)42-28-24-40(25-29-43(33-32-42)37-16-7-2-8-17-37)22-13-23-41-26-30-44(38-18-9-3-10-19-38)34-35-45(31-27-41)39-20-11-4-12-21-39/h36-39H,1-35H2. The van der Waals surface area contributed by atoms with E-state index in [1.54, 1.807) is 0 Å². The number of hydrogen-bond acceptors (Lipinski definition) is 6. The van der Waals surface area contributed by atoms with Crippen LogP contribution in [-0.2, 0) is 0 Å². The first-order valence-electron chi connectivity index (χ1n) is 20.7. The molecule has 6 rings (SSSR count). The summed E-state index contributed by atoms with van der Waals surface area (Å²) in [4.78, 5) is 17.6. The fourth-order valence-corrected chi connectivity index (χ4v) is 10.5. The van der Waals surface area contributed by atoms with Gasteiger partial charge in [0.25, 0.3) is 0 Å². The van der Waals surface area contributed by atoms with Gasteiger partial charge < -0.3 is 9.80 Å². The van der Waals surface area contributed by atoms with Crippen molar-refractivity contribution in [1.82, 2.24) is 29.4 Å².